The number of carboxylic acid groups (broad SMARTS) is 1. The van der Waals surface area contributed by atoms with Crippen molar-refractivity contribution in [3.63, 3.8) is 0 Å². The third-order valence-electron chi connectivity index (χ3n) is 7.77. The maximum absolute atomic E-state index is 13.9. The van der Waals surface area contributed by atoms with Crippen LogP contribution in [0.2, 0.25) is 5.02 Å². The minimum absolute atomic E-state index is 0.100. The molecule has 0 aliphatic carbocycles. The number of hydrogen-bond acceptors (Lipinski definition) is 5. The molecule has 0 saturated carbocycles. The van der Waals surface area contributed by atoms with E-state index < -0.39 is 35.1 Å². The zero-order valence-electron chi connectivity index (χ0n) is 24.6. The normalized spacial score (nSPS) is 17.8. The van der Waals surface area contributed by atoms with Crippen LogP contribution in [0.1, 0.15) is 29.0 Å². The number of morpholine rings is 1. The highest BCUT2D eigenvalue weighted by atomic mass is 35.5. The Kier molecular flexibility index (Phi) is 11.5. The predicted octanol–water partition coefficient (Wildman–Crippen LogP) is 5.84. The quantitative estimate of drug-likeness (QED) is 0.144. The first-order valence-corrected chi connectivity index (χ1v) is 16.6. The van der Waals surface area contributed by atoms with Gasteiger partial charge in [-0.05, 0) is 71.0 Å². The number of anilines is 1. The number of carbonyl (C=O) groups is 2. The van der Waals surface area contributed by atoms with Crippen LogP contribution in [-0.2, 0) is 27.1 Å². The second kappa shape index (κ2) is 15.9. The van der Waals surface area contributed by atoms with E-state index in [1.807, 2.05) is 84.9 Å². The molecular formula is C35H36ClN3O5S. The van der Waals surface area contributed by atoms with Crippen molar-refractivity contribution < 1.29 is 24.0 Å². The van der Waals surface area contributed by atoms with Gasteiger partial charge in [-0.2, -0.15) is 0 Å². The number of para-hydroxylation sites is 1. The molecule has 4 aromatic carbocycles. The number of halogens is 1. The molecular weight excluding hydrogens is 610 g/mol. The van der Waals surface area contributed by atoms with E-state index in [2.05, 4.69) is 16.0 Å². The number of aryl methyl sites for hydroxylation is 1. The number of carbonyl (C=O) groups excluding carboxylic acids is 1. The summed E-state index contributed by atoms with van der Waals surface area (Å²) in [6, 6.07) is 32.3. The fourth-order valence-corrected chi connectivity index (χ4v) is 6.90. The molecule has 0 aromatic heterocycles. The largest absolute Gasteiger partial charge is 0.611 e. The first-order valence-electron chi connectivity index (χ1n) is 14.9. The summed E-state index contributed by atoms with van der Waals surface area (Å²) < 4.78 is 19.2. The van der Waals surface area contributed by atoms with E-state index in [4.69, 9.17) is 16.3 Å². The SMILES string of the molecule is O=C(O)NC(C(=O)Nc1ccccc1CC[C@@H]1CNC[C@@H](C[S+]([O-])c2ccc(Cl)cc2)O1)C(c1ccccc1)c1ccccc1. The Morgan fingerprint density at radius 1 is 0.889 bits per heavy atom. The molecule has 0 bridgehead atoms. The summed E-state index contributed by atoms with van der Waals surface area (Å²) in [7, 11) is 0. The van der Waals surface area contributed by atoms with Crippen LogP contribution in [0.5, 0.6) is 0 Å². The Bertz CT molecular complexity index is 1500. The Morgan fingerprint density at radius 2 is 1.49 bits per heavy atom. The molecule has 5 rings (SSSR count). The van der Waals surface area contributed by atoms with Gasteiger partial charge in [0.15, 0.2) is 4.90 Å². The fourth-order valence-electron chi connectivity index (χ4n) is 5.61. The van der Waals surface area contributed by atoms with Crippen LogP contribution in [0.4, 0.5) is 10.5 Å². The van der Waals surface area contributed by atoms with Crippen LogP contribution in [-0.4, -0.2) is 58.8 Å². The van der Waals surface area contributed by atoms with Gasteiger partial charge in [-0.3, -0.25) is 4.79 Å². The van der Waals surface area contributed by atoms with Gasteiger partial charge in [-0.15, -0.1) is 0 Å². The maximum Gasteiger partial charge on any atom is 0.405 e. The molecule has 2 amide bonds. The van der Waals surface area contributed by atoms with Gasteiger partial charge in [-0.25, -0.2) is 4.79 Å². The summed E-state index contributed by atoms with van der Waals surface area (Å²) in [5.74, 6) is -0.629. The van der Waals surface area contributed by atoms with Gasteiger partial charge in [0, 0.05) is 29.7 Å². The van der Waals surface area contributed by atoms with E-state index in [0.29, 0.717) is 47.3 Å². The zero-order chi connectivity index (χ0) is 31.6. The van der Waals surface area contributed by atoms with Crippen molar-refractivity contribution in [1.82, 2.24) is 10.6 Å². The Labute approximate surface area is 271 Å². The van der Waals surface area contributed by atoms with Crippen LogP contribution >= 0.6 is 11.6 Å². The highest BCUT2D eigenvalue weighted by Crippen LogP contribution is 2.30. The maximum atomic E-state index is 13.9. The van der Waals surface area contributed by atoms with Gasteiger partial charge in [0.25, 0.3) is 0 Å². The molecule has 1 saturated heterocycles. The third-order valence-corrected chi connectivity index (χ3v) is 9.49. The molecule has 234 valence electrons. The van der Waals surface area contributed by atoms with Gasteiger partial charge in [0.1, 0.15) is 17.9 Å². The average Bonchev–Trinajstić information content (AvgIpc) is 3.05. The van der Waals surface area contributed by atoms with Gasteiger partial charge in [0.2, 0.25) is 5.91 Å². The first-order chi connectivity index (χ1) is 21.9. The monoisotopic (exact) mass is 645 g/mol. The van der Waals surface area contributed by atoms with Gasteiger partial charge >= 0.3 is 6.09 Å². The zero-order valence-corrected chi connectivity index (χ0v) is 26.2. The van der Waals surface area contributed by atoms with Crippen LogP contribution in [0.25, 0.3) is 0 Å². The second-order valence-electron chi connectivity index (χ2n) is 10.9. The molecule has 1 aliphatic heterocycles. The number of ether oxygens (including phenoxy) is 1. The van der Waals surface area contributed by atoms with E-state index in [0.717, 1.165) is 16.7 Å². The summed E-state index contributed by atoms with van der Waals surface area (Å²) >= 11 is 4.75. The van der Waals surface area contributed by atoms with Crippen LogP contribution in [0.3, 0.4) is 0 Å². The van der Waals surface area contributed by atoms with Crippen molar-refractivity contribution in [3.05, 3.63) is 131 Å². The average molecular weight is 646 g/mol. The summed E-state index contributed by atoms with van der Waals surface area (Å²) in [4.78, 5) is 26.5. The van der Waals surface area contributed by atoms with E-state index in [1.165, 1.54) is 0 Å². The van der Waals surface area contributed by atoms with Crippen LogP contribution < -0.4 is 16.0 Å². The lowest BCUT2D eigenvalue weighted by molar-refractivity contribution is -0.118. The smallest absolute Gasteiger partial charge is 0.405 e. The van der Waals surface area contributed by atoms with Gasteiger partial charge < -0.3 is 30.3 Å². The fraction of sp³-hybridized carbons (Fsp3) is 0.257. The number of amides is 2. The van der Waals surface area contributed by atoms with Gasteiger partial charge in [-0.1, -0.05) is 90.5 Å². The van der Waals surface area contributed by atoms with Crippen LogP contribution in [0.15, 0.2) is 114 Å². The van der Waals surface area contributed by atoms with E-state index in [1.54, 1.807) is 24.3 Å². The van der Waals surface area contributed by atoms with Crippen molar-refractivity contribution in [2.45, 2.75) is 41.9 Å². The molecule has 4 aromatic rings. The van der Waals surface area contributed by atoms with E-state index in [-0.39, 0.29) is 12.2 Å². The molecule has 45 heavy (non-hydrogen) atoms. The molecule has 10 heteroatoms. The third kappa shape index (κ3) is 9.09. The van der Waals surface area contributed by atoms with Crippen molar-refractivity contribution in [3.8, 4) is 0 Å². The van der Waals surface area contributed by atoms with E-state index in [9.17, 15) is 19.2 Å². The van der Waals surface area contributed by atoms with Crippen LogP contribution in [0, 0.1) is 0 Å². The second-order valence-corrected chi connectivity index (χ2v) is 12.8. The van der Waals surface area contributed by atoms with Crippen molar-refractivity contribution in [1.29, 1.82) is 0 Å². The summed E-state index contributed by atoms with van der Waals surface area (Å²) in [6.07, 6.45) is -0.290. The molecule has 8 nitrogen and oxygen atoms in total. The minimum atomic E-state index is -1.28. The molecule has 0 radical (unpaired) electrons. The molecule has 4 atom stereocenters. The van der Waals surface area contributed by atoms with Crippen molar-refractivity contribution >= 4 is 40.5 Å². The molecule has 0 spiro atoms. The number of hydrogen-bond donors (Lipinski definition) is 4. The molecule has 1 aliphatic rings. The Balaban J connectivity index is 1.27. The number of benzene rings is 4. The molecule has 2 unspecified atom stereocenters. The lowest BCUT2D eigenvalue weighted by Gasteiger charge is -2.31. The minimum Gasteiger partial charge on any atom is -0.611 e. The predicted molar refractivity (Wildman–Crippen MR) is 177 cm³/mol. The molecule has 1 heterocycles. The molecule has 4 N–H and O–H groups in total. The number of rotatable bonds is 12. The summed E-state index contributed by atoms with van der Waals surface area (Å²) in [6.45, 7) is 1.28. The Morgan fingerprint density at radius 3 is 2.13 bits per heavy atom. The summed E-state index contributed by atoms with van der Waals surface area (Å²) in [5, 5.41) is 19.2. The lowest BCUT2D eigenvalue weighted by atomic mass is 9.84. The highest BCUT2D eigenvalue weighted by Gasteiger charge is 2.33. The van der Waals surface area contributed by atoms with Crippen molar-refractivity contribution in [2.24, 2.45) is 0 Å². The first kappa shape index (κ1) is 32.5. The molecule has 1 fully saturated rings. The summed E-state index contributed by atoms with van der Waals surface area (Å²) in [5.41, 5.74) is 3.16. The standard InChI is InChI=1S/C35H36ClN3O5S/c36-27-16-19-30(20-17-27)45(43)23-29-22-37-21-28(44-29)18-15-24-9-7-8-14-31(24)38-34(40)33(39-35(41)42)32(25-10-3-1-4-11-25)26-12-5-2-6-13-26/h1-14,16-17,19-20,28-29,32-33,37,39H,15,18,21-23H2,(H,38,40)(H,41,42)/t28-,29+,33?,45?/m1/s1. The van der Waals surface area contributed by atoms with E-state index >= 15 is 0 Å². The van der Waals surface area contributed by atoms with Crippen molar-refractivity contribution in [2.75, 3.05) is 24.2 Å². The highest BCUT2D eigenvalue weighted by molar-refractivity contribution is 7.91. The number of nitrogens with one attached hydrogen (secondary N) is 3. The lowest BCUT2D eigenvalue weighted by Crippen LogP contribution is -2.47. The Hall–Kier alpha value is -3.86. The van der Waals surface area contributed by atoms with Gasteiger partial charge in [0.05, 0.1) is 6.10 Å². The topological polar surface area (TPSA) is 123 Å².